The van der Waals surface area contributed by atoms with Gasteiger partial charge in [0.05, 0.1) is 0 Å². The lowest BCUT2D eigenvalue weighted by atomic mass is 10.0. The molecule has 0 bridgehead atoms. The van der Waals surface area contributed by atoms with Crippen LogP contribution in [0.4, 0.5) is 0 Å². The average Bonchev–Trinajstić information content (AvgIpc) is 2.34. The standard InChI is InChI=1S/C13H29N3O2S/c1-12(2)10-15(9-5-7-14)19(17,18)16-8-4-6-13(3)11-16/h12-13H,4-11,14H2,1-3H3. The highest BCUT2D eigenvalue weighted by atomic mass is 32.2. The highest BCUT2D eigenvalue weighted by molar-refractivity contribution is 7.86. The molecule has 6 heteroatoms. The number of nitrogens with two attached hydrogens (primary N) is 1. The lowest BCUT2D eigenvalue weighted by Gasteiger charge is -2.35. The molecule has 0 aromatic rings. The molecule has 0 radical (unpaired) electrons. The van der Waals surface area contributed by atoms with Gasteiger partial charge in [0.15, 0.2) is 0 Å². The molecular weight excluding hydrogens is 262 g/mol. The van der Waals surface area contributed by atoms with E-state index in [-0.39, 0.29) is 0 Å². The monoisotopic (exact) mass is 291 g/mol. The fourth-order valence-corrected chi connectivity index (χ4v) is 4.47. The summed E-state index contributed by atoms with van der Waals surface area (Å²) in [6.45, 7) is 9.15. The molecule has 2 N–H and O–H groups in total. The summed E-state index contributed by atoms with van der Waals surface area (Å²) in [6, 6.07) is 0. The van der Waals surface area contributed by atoms with Gasteiger partial charge < -0.3 is 5.73 Å². The van der Waals surface area contributed by atoms with Gasteiger partial charge in [0.1, 0.15) is 0 Å². The highest BCUT2D eigenvalue weighted by Gasteiger charge is 2.32. The summed E-state index contributed by atoms with van der Waals surface area (Å²) in [6.07, 6.45) is 2.81. The van der Waals surface area contributed by atoms with Crippen LogP contribution in [0.15, 0.2) is 0 Å². The molecule has 0 aromatic heterocycles. The second-order valence-electron chi connectivity index (χ2n) is 6.01. The molecule has 0 aromatic carbocycles. The summed E-state index contributed by atoms with van der Waals surface area (Å²) >= 11 is 0. The zero-order valence-corrected chi connectivity index (χ0v) is 13.3. The first-order chi connectivity index (χ1) is 8.87. The van der Waals surface area contributed by atoms with Gasteiger partial charge in [-0.2, -0.15) is 17.0 Å². The van der Waals surface area contributed by atoms with Gasteiger partial charge >= 0.3 is 0 Å². The molecule has 1 saturated heterocycles. The van der Waals surface area contributed by atoms with Crippen LogP contribution < -0.4 is 5.73 Å². The molecule has 1 rings (SSSR count). The van der Waals surface area contributed by atoms with Crippen molar-refractivity contribution in [1.82, 2.24) is 8.61 Å². The van der Waals surface area contributed by atoms with Crippen LogP contribution in [0.5, 0.6) is 0 Å². The number of piperidine rings is 1. The summed E-state index contributed by atoms with van der Waals surface area (Å²) in [5, 5.41) is 0. The van der Waals surface area contributed by atoms with Crippen molar-refractivity contribution in [2.24, 2.45) is 17.6 Å². The minimum absolute atomic E-state index is 0.328. The molecule has 1 atom stereocenters. The van der Waals surface area contributed by atoms with Crippen molar-refractivity contribution >= 4 is 10.2 Å². The predicted molar refractivity (Wildman–Crippen MR) is 79.0 cm³/mol. The van der Waals surface area contributed by atoms with E-state index in [0.717, 1.165) is 19.3 Å². The minimum Gasteiger partial charge on any atom is -0.330 e. The summed E-state index contributed by atoms with van der Waals surface area (Å²) in [5.74, 6) is 0.786. The van der Waals surface area contributed by atoms with Crippen LogP contribution in [-0.2, 0) is 10.2 Å². The van der Waals surface area contributed by atoms with Gasteiger partial charge in [-0.1, -0.05) is 20.8 Å². The maximum Gasteiger partial charge on any atom is 0.281 e. The van der Waals surface area contributed by atoms with Gasteiger partial charge in [-0.25, -0.2) is 0 Å². The van der Waals surface area contributed by atoms with Gasteiger partial charge in [0.25, 0.3) is 10.2 Å². The molecule has 1 aliphatic rings. The molecule has 1 heterocycles. The SMILES string of the molecule is CC(C)CN(CCCN)S(=O)(=O)N1CCCC(C)C1. The molecule has 5 nitrogen and oxygen atoms in total. The third kappa shape index (κ3) is 5.02. The van der Waals surface area contributed by atoms with Crippen LogP contribution in [0.3, 0.4) is 0 Å². The normalized spacial score (nSPS) is 22.3. The molecule has 114 valence electrons. The Kier molecular flexibility index (Phi) is 6.73. The molecule has 0 spiro atoms. The third-order valence-corrected chi connectivity index (χ3v) is 5.42. The van der Waals surface area contributed by atoms with E-state index >= 15 is 0 Å². The van der Waals surface area contributed by atoms with Crippen LogP contribution in [0.2, 0.25) is 0 Å². The first-order valence-corrected chi connectivity index (χ1v) is 8.73. The first kappa shape index (κ1) is 16.9. The van der Waals surface area contributed by atoms with E-state index in [1.165, 1.54) is 0 Å². The molecule has 0 aliphatic carbocycles. The van der Waals surface area contributed by atoms with Crippen molar-refractivity contribution in [2.45, 2.75) is 40.0 Å². The molecule has 1 fully saturated rings. The Morgan fingerprint density at radius 1 is 1.42 bits per heavy atom. The maximum atomic E-state index is 12.7. The molecule has 0 amide bonds. The smallest absolute Gasteiger partial charge is 0.281 e. The Bertz CT molecular complexity index is 357. The Hall–Kier alpha value is -0.170. The second kappa shape index (κ2) is 7.57. The van der Waals surface area contributed by atoms with E-state index < -0.39 is 10.2 Å². The van der Waals surface area contributed by atoms with Crippen molar-refractivity contribution in [1.29, 1.82) is 0 Å². The van der Waals surface area contributed by atoms with Crippen molar-refractivity contribution in [3.63, 3.8) is 0 Å². The fraction of sp³-hybridized carbons (Fsp3) is 1.00. The average molecular weight is 291 g/mol. The number of hydrogen-bond donors (Lipinski definition) is 1. The van der Waals surface area contributed by atoms with E-state index in [0.29, 0.717) is 44.6 Å². The Morgan fingerprint density at radius 2 is 2.11 bits per heavy atom. The second-order valence-corrected chi connectivity index (χ2v) is 7.94. The highest BCUT2D eigenvalue weighted by Crippen LogP contribution is 2.21. The van der Waals surface area contributed by atoms with Crippen LogP contribution in [0, 0.1) is 11.8 Å². The van der Waals surface area contributed by atoms with Gasteiger partial charge in [0, 0.05) is 26.2 Å². The Balaban J connectivity index is 2.78. The van der Waals surface area contributed by atoms with E-state index in [9.17, 15) is 8.42 Å². The molecular formula is C13H29N3O2S. The number of hydrogen-bond acceptors (Lipinski definition) is 3. The quantitative estimate of drug-likeness (QED) is 0.768. The topological polar surface area (TPSA) is 66.6 Å². The molecule has 1 unspecified atom stereocenters. The van der Waals surface area contributed by atoms with Crippen LogP contribution in [-0.4, -0.2) is 49.8 Å². The van der Waals surface area contributed by atoms with Crippen molar-refractivity contribution < 1.29 is 8.42 Å². The van der Waals surface area contributed by atoms with Gasteiger partial charge in [0.2, 0.25) is 0 Å². The maximum absolute atomic E-state index is 12.7. The van der Waals surface area contributed by atoms with Crippen LogP contribution in [0.25, 0.3) is 0 Å². The Morgan fingerprint density at radius 3 is 2.63 bits per heavy atom. The Labute approximate surface area is 118 Å². The zero-order chi connectivity index (χ0) is 14.5. The fourth-order valence-electron chi connectivity index (χ4n) is 2.49. The molecule has 19 heavy (non-hydrogen) atoms. The third-order valence-electron chi connectivity index (χ3n) is 3.45. The van der Waals surface area contributed by atoms with Crippen LogP contribution >= 0.6 is 0 Å². The largest absolute Gasteiger partial charge is 0.330 e. The lowest BCUT2D eigenvalue weighted by molar-refractivity contribution is 0.251. The van der Waals surface area contributed by atoms with Gasteiger partial charge in [-0.3, -0.25) is 0 Å². The first-order valence-electron chi connectivity index (χ1n) is 7.33. The van der Waals surface area contributed by atoms with E-state index in [1.54, 1.807) is 8.61 Å². The predicted octanol–water partition coefficient (Wildman–Crippen LogP) is 1.27. The summed E-state index contributed by atoms with van der Waals surface area (Å²) < 4.78 is 28.6. The van der Waals surface area contributed by atoms with Crippen LogP contribution in [0.1, 0.15) is 40.0 Å². The van der Waals surface area contributed by atoms with Crippen molar-refractivity contribution in [3.8, 4) is 0 Å². The van der Waals surface area contributed by atoms with Gasteiger partial charge in [-0.05, 0) is 37.6 Å². The van der Waals surface area contributed by atoms with E-state index in [1.807, 2.05) is 13.8 Å². The molecule has 1 aliphatic heterocycles. The van der Waals surface area contributed by atoms with Gasteiger partial charge in [-0.15, -0.1) is 0 Å². The molecule has 0 saturated carbocycles. The van der Waals surface area contributed by atoms with E-state index in [2.05, 4.69) is 6.92 Å². The number of nitrogens with zero attached hydrogens (tertiary/aromatic N) is 2. The van der Waals surface area contributed by atoms with Crippen molar-refractivity contribution in [3.05, 3.63) is 0 Å². The zero-order valence-electron chi connectivity index (χ0n) is 12.5. The number of rotatable bonds is 7. The summed E-state index contributed by atoms with van der Waals surface area (Å²) in [5.41, 5.74) is 5.52. The van der Waals surface area contributed by atoms with E-state index in [4.69, 9.17) is 5.73 Å². The lowest BCUT2D eigenvalue weighted by Crippen LogP contribution is -2.49. The summed E-state index contributed by atoms with van der Waals surface area (Å²) in [4.78, 5) is 0. The van der Waals surface area contributed by atoms with Crippen molar-refractivity contribution in [2.75, 3.05) is 32.7 Å². The minimum atomic E-state index is -3.31. The summed E-state index contributed by atoms with van der Waals surface area (Å²) in [7, 11) is -3.31.